The van der Waals surface area contributed by atoms with Crippen LogP contribution in [0.3, 0.4) is 0 Å². The molecule has 1 saturated heterocycles. The topological polar surface area (TPSA) is 20.3 Å². The highest BCUT2D eigenvalue weighted by atomic mass is 16.2. The van der Waals surface area contributed by atoms with Crippen molar-refractivity contribution in [3.05, 3.63) is 35.9 Å². The van der Waals surface area contributed by atoms with E-state index >= 15 is 0 Å². The van der Waals surface area contributed by atoms with Gasteiger partial charge in [-0.1, -0.05) is 37.3 Å². The van der Waals surface area contributed by atoms with E-state index in [0.29, 0.717) is 12.3 Å². The Labute approximate surface area is 90.9 Å². The number of hydrogen-bond donors (Lipinski definition) is 0. The second-order valence-electron chi connectivity index (χ2n) is 4.09. The maximum Gasteiger partial charge on any atom is 0.222 e. The number of nitrogens with zero attached hydrogens (tertiary/aromatic N) is 1. The Bertz CT molecular complexity index is 334. The van der Waals surface area contributed by atoms with E-state index in [1.807, 2.05) is 17.9 Å². The normalized spacial score (nSPS) is 20.6. The van der Waals surface area contributed by atoms with Gasteiger partial charge >= 0.3 is 0 Å². The summed E-state index contributed by atoms with van der Waals surface area (Å²) in [6.07, 6.45) is 1.73. The van der Waals surface area contributed by atoms with E-state index in [4.69, 9.17) is 0 Å². The summed E-state index contributed by atoms with van der Waals surface area (Å²) in [4.78, 5) is 13.5. The summed E-state index contributed by atoms with van der Waals surface area (Å²) in [5, 5.41) is 0. The highest BCUT2D eigenvalue weighted by molar-refractivity contribution is 5.76. The molecule has 15 heavy (non-hydrogen) atoms. The molecule has 1 aromatic carbocycles. The molecular formula is C13H17NO. The van der Waals surface area contributed by atoms with Crippen LogP contribution in [-0.4, -0.2) is 23.9 Å². The molecule has 0 saturated carbocycles. The van der Waals surface area contributed by atoms with Crippen LogP contribution in [0.2, 0.25) is 0 Å². The molecule has 1 amide bonds. The molecule has 0 bridgehead atoms. The SMILES string of the molecule is CCC(=O)N1CCC(c2ccccc2)C1. The Balaban J connectivity index is 2.02. The average Bonchev–Trinajstić information content (AvgIpc) is 2.78. The molecule has 0 N–H and O–H groups in total. The standard InChI is InChI=1S/C13H17NO/c1-2-13(15)14-9-8-12(10-14)11-6-4-3-5-7-11/h3-7,12H,2,8-10H2,1H3. The molecule has 1 aliphatic heterocycles. The zero-order chi connectivity index (χ0) is 10.7. The predicted molar refractivity (Wildman–Crippen MR) is 60.7 cm³/mol. The van der Waals surface area contributed by atoms with Crippen molar-refractivity contribution in [3.8, 4) is 0 Å². The van der Waals surface area contributed by atoms with Crippen LogP contribution >= 0.6 is 0 Å². The molecule has 1 fully saturated rings. The van der Waals surface area contributed by atoms with Crippen LogP contribution in [0.5, 0.6) is 0 Å². The summed E-state index contributed by atoms with van der Waals surface area (Å²) in [6, 6.07) is 10.5. The van der Waals surface area contributed by atoms with E-state index in [1.54, 1.807) is 0 Å². The number of benzene rings is 1. The zero-order valence-electron chi connectivity index (χ0n) is 9.15. The number of rotatable bonds is 2. The second-order valence-corrected chi connectivity index (χ2v) is 4.09. The number of carbonyl (C=O) groups is 1. The molecule has 0 aliphatic carbocycles. The van der Waals surface area contributed by atoms with Crippen molar-refractivity contribution >= 4 is 5.91 Å². The van der Waals surface area contributed by atoms with E-state index in [0.717, 1.165) is 19.5 Å². The molecule has 1 unspecified atom stereocenters. The fourth-order valence-electron chi connectivity index (χ4n) is 2.21. The van der Waals surface area contributed by atoms with Gasteiger partial charge in [0.1, 0.15) is 0 Å². The lowest BCUT2D eigenvalue weighted by atomic mass is 9.99. The first-order chi connectivity index (χ1) is 7.31. The minimum Gasteiger partial charge on any atom is -0.342 e. The highest BCUT2D eigenvalue weighted by Gasteiger charge is 2.25. The zero-order valence-corrected chi connectivity index (χ0v) is 9.15. The summed E-state index contributed by atoms with van der Waals surface area (Å²) in [6.45, 7) is 3.75. The minimum atomic E-state index is 0.286. The Morgan fingerprint density at radius 3 is 2.80 bits per heavy atom. The van der Waals surface area contributed by atoms with Crippen LogP contribution in [0.15, 0.2) is 30.3 Å². The van der Waals surface area contributed by atoms with E-state index in [-0.39, 0.29) is 5.91 Å². The molecule has 0 aromatic heterocycles. The van der Waals surface area contributed by atoms with Gasteiger partial charge in [-0.15, -0.1) is 0 Å². The van der Waals surface area contributed by atoms with Gasteiger partial charge in [-0.25, -0.2) is 0 Å². The van der Waals surface area contributed by atoms with Gasteiger partial charge in [0.2, 0.25) is 5.91 Å². The van der Waals surface area contributed by atoms with Gasteiger partial charge in [-0.05, 0) is 12.0 Å². The maximum atomic E-state index is 11.5. The lowest BCUT2D eigenvalue weighted by Gasteiger charge is -2.15. The molecular weight excluding hydrogens is 186 g/mol. The van der Waals surface area contributed by atoms with Crippen molar-refractivity contribution in [2.24, 2.45) is 0 Å². The Kier molecular flexibility index (Phi) is 3.05. The van der Waals surface area contributed by atoms with E-state index in [2.05, 4.69) is 24.3 Å². The van der Waals surface area contributed by atoms with Crippen LogP contribution in [0.25, 0.3) is 0 Å². The number of amides is 1. The molecule has 2 heteroatoms. The fourth-order valence-corrected chi connectivity index (χ4v) is 2.21. The van der Waals surface area contributed by atoms with Gasteiger partial charge < -0.3 is 4.90 Å². The minimum absolute atomic E-state index is 0.286. The first-order valence-corrected chi connectivity index (χ1v) is 5.64. The molecule has 0 radical (unpaired) electrons. The molecule has 80 valence electrons. The Morgan fingerprint density at radius 2 is 2.13 bits per heavy atom. The van der Waals surface area contributed by atoms with Crippen molar-refractivity contribution < 1.29 is 4.79 Å². The second kappa shape index (κ2) is 4.47. The lowest BCUT2D eigenvalue weighted by Crippen LogP contribution is -2.27. The molecule has 2 nitrogen and oxygen atoms in total. The Morgan fingerprint density at radius 1 is 1.40 bits per heavy atom. The summed E-state index contributed by atoms with van der Waals surface area (Å²) < 4.78 is 0. The lowest BCUT2D eigenvalue weighted by molar-refractivity contribution is -0.129. The fraction of sp³-hybridized carbons (Fsp3) is 0.462. The van der Waals surface area contributed by atoms with Crippen molar-refractivity contribution in [2.45, 2.75) is 25.7 Å². The number of carbonyl (C=O) groups excluding carboxylic acids is 1. The van der Waals surface area contributed by atoms with Crippen LogP contribution in [-0.2, 0) is 4.79 Å². The van der Waals surface area contributed by atoms with Crippen LogP contribution in [0, 0.1) is 0 Å². The molecule has 1 atom stereocenters. The van der Waals surface area contributed by atoms with E-state index in [1.165, 1.54) is 5.56 Å². The van der Waals surface area contributed by atoms with Gasteiger partial charge in [0.05, 0.1) is 0 Å². The van der Waals surface area contributed by atoms with Gasteiger partial charge in [-0.2, -0.15) is 0 Å². The average molecular weight is 203 g/mol. The first kappa shape index (κ1) is 10.2. The molecule has 0 spiro atoms. The van der Waals surface area contributed by atoms with Gasteiger partial charge in [-0.3, -0.25) is 4.79 Å². The first-order valence-electron chi connectivity index (χ1n) is 5.64. The summed E-state index contributed by atoms with van der Waals surface area (Å²) in [5.74, 6) is 0.829. The number of likely N-dealkylation sites (tertiary alicyclic amines) is 1. The largest absolute Gasteiger partial charge is 0.342 e. The van der Waals surface area contributed by atoms with Crippen molar-refractivity contribution in [1.29, 1.82) is 0 Å². The van der Waals surface area contributed by atoms with E-state index in [9.17, 15) is 4.79 Å². The van der Waals surface area contributed by atoms with Crippen molar-refractivity contribution in [1.82, 2.24) is 4.90 Å². The predicted octanol–water partition coefficient (Wildman–Crippen LogP) is 2.41. The monoisotopic (exact) mass is 203 g/mol. The molecule has 1 heterocycles. The summed E-state index contributed by atoms with van der Waals surface area (Å²) in [7, 11) is 0. The van der Waals surface area contributed by atoms with Crippen molar-refractivity contribution in [2.75, 3.05) is 13.1 Å². The van der Waals surface area contributed by atoms with E-state index < -0.39 is 0 Å². The third kappa shape index (κ3) is 2.20. The molecule has 1 aromatic rings. The van der Waals surface area contributed by atoms with Crippen LogP contribution < -0.4 is 0 Å². The summed E-state index contributed by atoms with van der Waals surface area (Å²) >= 11 is 0. The number of hydrogen-bond acceptors (Lipinski definition) is 1. The van der Waals surface area contributed by atoms with Crippen LogP contribution in [0.4, 0.5) is 0 Å². The smallest absolute Gasteiger partial charge is 0.222 e. The molecule has 1 aliphatic rings. The van der Waals surface area contributed by atoms with Gasteiger partial charge in [0.25, 0.3) is 0 Å². The maximum absolute atomic E-state index is 11.5. The van der Waals surface area contributed by atoms with Gasteiger partial charge in [0.15, 0.2) is 0 Å². The summed E-state index contributed by atoms with van der Waals surface area (Å²) in [5.41, 5.74) is 1.36. The quantitative estimate of drug-likeness (QED) is 0.722. The third-order valence-electron chi connectivity index (χ3n) is 3.11. The third-order valence-corrected chi connectivity index (χ3v) is 3.11. The van der Waals surface area contributed by atoms with Crippen molar-refractivity contribution in [3.63, 3.8) is 0 Å². The Hall–Kier alpha value is -1.31. The van der Waals surface area contributed by atoms with Crippen LogP contribution in [0.1, 0.15) is 31.2 Å². The van der Waals surface area contributed by atoms with Gasteiger partial charge in [0, 0.05) is 25.4 Å². The molecule has 2 rings (SSSR count). The highest BCUT2D eigenvalue weighted by Crippen LogP contribution is 2.26.